The predicted molar refractivity (Wildman–Crippen MR) is 79.1 cm³/mol. The lowest BCUT2D eigenvalue weighted by atomic mass is 9.97. The minimum Gasteiger partial charge on any atom is -0.359 e. The van der Waals surface area contributed by atoms with Crippen molar-refractivity contribution in [2.75, 3.05) is 25.6 Å². The molecular formula is C13H20ClN5O. The van der Waals surface area contributed by atoms with Crippen molar-refractivity contribution in [2.24, 2.45) is 11.8 Å². The van der Waals surface area contributed by atoms with Gasteiger partial charge >= 0.3 is 0 Å². The van der Waals surface area contributed by atoms with Gasteiger partial charge in [0.05, 0.1) is 16.6 Å². The summed E-state index contributed by atoms with van der Waals surface area (Å²) in [6, 6.07) is 3.51. The van der Waals surface area contributed by atoms with Crippen molar-refractivity contribution >= 4 is 23.3 Å². The van der Waals surface area contributed by atoms with Crippen LogP contribution in [0.1, 0.15) is 18.5 Å². The van der Waals surface area contributed by atoms with Crippen LogP contribution >= 0.6 is 11.6 Å². The van der Waals surface area contributed by atoms with E-state index in [9.17, 15) is 4.79 Å². The Morgan fingerprint density at radius 2 is 2.40 bits per heavy atom. The zero-order valence-electron chi connectivity index (χ0n) is 11.5. The smallest absolute Gasteiger partial charge is 0.224 e. The van der Waals surface area contributed by atoms with Gasteiger partial charge in [-0.25, -0.2) is 10.8 Å². The number of aromatic nitrogens is 1. The van der Waals surface area contributed by atoms with Crippen molar-refractivity contribution in [1.29, 1.82) is 0 Å². The number of likely N-dealkylation sites (tertiary alicyclic amines) is 1. The van der Waals surface area contributed by atoms with Gasteiger partial charge in [0.2, 0.25) is 5.91 Å². The molecule has 4 N–H and O–H groups in total. The van der Waals surface area contributed by atoms with E-state index in [0.717, 1.165) is 31.6 Å². The van der Waals surface area contributed by atoms with Gasteiger partial charge in [0.1, 0.15) is 5.82 Å². The van der Waals surface area contributed by atoms with E-state index in [1.54, 1.807) is 19.2 Å². The van der Waals surface area contributed by atoms with Crippen molar-refractivity contribution in [3.05, 3.63) is 22.8 Å². The lowest BCUT2D eigenvalue weighted by molar-refractivity contribution is -0.126. The molecule has 20 heavy (non-hydrogen) atoms. The molecule has 7 heteroatoms. The van der Waals surface area contributed by atoms with Crippen LogP contribution < -0.4 is 16.6 Å². The van der Waals surface area contributed by atoms with E-state index in [1.165, 1.54) is 0 Å². The summed E-state index contributed by atoms with van der Waals surface area (Å²) in [5.74, 6) is 6.09. The Labute approximate surface area is 123 Å². The summed E-state index contributed by atoms with van der Waals surface area (Å²) in [6.07, 6.45) is 1.94. The van der Waals surface area contributed by atoms with Gasteiger partial charge in [-0.2, -0.15) is 0 Å². The third-order valence-corrected chi connectivity index (χ3v) is 3.91. The number of hydrazine groups is 1. The Bertz CT molecular complexity index is 482. The zero-order chi connectivity index (χ0) is 14.5. The number of nitrogen functional groups attached to an aromatic ring is 1. The molecule has 110 valence electrons. The number of pyridine rings is 1. The zero-order valence-corrected chi connectivity index (χ0v) is 12.3. The SMILES string of the molecule is CNC(=O)C1CCCN(Cc2nc(NN)ccc2Cl)C1. The summed E-state index contributed by atoms with van der Waals surface area (Å²) in [5, 5.41) is 3.33. The van der Waals surface area contributed by atoms with E-state index in [0.29, 0.717) is 17.4 Å². The first kappa shape index (κ1) is 15.0. The van der Waals surface area contributed by atoms with Crippen LogP contribution in [0.3, 0.4) is 0 Å². The van der Waals surface area contributed by atoms with Crippen molar-refractivity contribution in [1.82, 2.24) is 15.2 Å². The number of hydrogen-bond donors (Lipinski definition) is 3. The van der Waals surface area contributed by atoms with Crippen molar-refractivity contribution < 1.29 is 4.79 Å². The summed E-state index contributed by atoms with van der Waals surface area (Å²) >= 11 is 6.16. The molecule has 0 radical (unpaired) electrons. The summed E-state index contributed by atoms with van der Waals surface area (Å²) in [4.78, 5) is 18.3. The molecule has 0 aromatic carbocycles. The molecule has 0 spiro atoms. The number of nitrogens with one attached hydrogen (secondary N) is 2. The topological polar surface area (TPSA) is 83.3 Å². The number of carbonyl (C=O) groups excluding carboxylic acids is 1. The fourth-order valence-corrected chi connectivity index (χ4v) is 2.67. The molecule has 1 aliphatic heterocycles. The van der Waals surface area contributed by atoms with Crippen LogP contribution in [-0.4, -0.2) is 35.9 Å². The molecular weight excluding hydrogens is 278 g/mol. The van der Waals surface area contributed by atoms with Gasteiger partial charge in [0.25, 0.3) is 0 Å². The molecule has 1 atom stereocenters. The Morgan fingerprint density at radius 3 is 3.10 bits per heavy atom. The van der Waals surface area contributed by atoms with Gasteiger partial charge < -0.3 is 10.7 Å². The highest BCUT2D eigenvalue weighted by Crippen LogP contribution is 2.22. The van der Waals surface area contributed by atoms with Gasteiger partial charge in [-0.1, -0.05) is 11.6 Å². The van der Waals surface area contributed by atoms with Gasteiger partial charge in [-0.3, -0.25) is 9.69 Å². The average molecular weight is 298 g/mol. The summed E-state index contributed by atoms with van der Waals surface area (Å²) in [5.41, 5.74) is 3.29. The first-order valence-electron chi connectivity index (χ1n) is 6.70. The number of amides is 1. The Morgan fingerprint density at radius 1 is 1.60 bits per heavy atom. The largest absolute Gasteiger partial charge is 0.359 e. The third-order valence-electron chi connectivity index (χ3n) is 3.56. The maximum Gasteiger partial charge on any atom is 0.224 e. The van der Waals surface area contributed by atoms with E-state index in [4.69, 9.17) is 17.4 Å². The molecule has 6 nitrogen and oxygen atoms in total. The van der Waals surface area contributed by atoms with Crippen LogP contribution in [0.4, 0.5) is 5.82 Å². The van der Waals surface area contributed by atoms with Crippen LogP contribution in [0.5, 0.6) is 0 Å². The first-order valence-corrected chi connectivity index (χ1v) is 7.08. The number of anilines is 1. The summed E-state index contributed by atoms with van der Waals surface area (Å²) in [6.45, 7) is 2.31. The summed E-state index contributed by atoms with van der Waals surface area (Å²) < 4.78 is 0. The molecule has 1 amide bonds. The number of nitrogens with zero attached hydrogens (tertiary/aromatic N) is 2. The van der Waals surface area contributed by atoms with Crippen molar-refractivity contribution in [3.8, 4) is 0 Å². The molecule has 0 saturated carbocycles. The van der Waals surface area contributed by atoms with Crippen molar-refractivity contribution in [3.63, 3.8) is 0 Å². The monoisotopic (exact) mass is 297 g/mol. The number of halogens is 1. The standard InChI is InChI=1S/C13H20ClN5O/c1-16-13(20)9-3-2-6-19(7-9)8-11-10(14)4-5-12(17-11)18-15/h4-5,9H,2-3,6-8,15H2,1H3,(H,16,20)(H,17,18). The highest BCUT2D eigenvalue weighted by atomic mass is 35.5. The Kier molecular flexibility index (Phi) is 5.17. The maximum absolute atomic E-state index is 11.7. The highest BCUT2D eigenvalue weighted by Gasteiger charge is 2.25. The lowest BCUT2D eigenvalue weighted by Crippen LogP contribution is -2.41. The second-order valence-electron chi connectivity index (χ2n) is 4.96. The second-order valence-corrected chi connectivity index (χ2v) is 5.37. The van der Waals surface area contributed by atoms with E-state index >= 15 is 0 Å². The van der Waals surface area contributed by atoms with Crippen LogP contribution in [0.15, 0.2) is 12.1 Å². The van der Waals surface area contributed by atoms with Crippen LogP contribution in [0.2, 0.25) is 5.02 Å². The van der Waals surface area contributed by atoms with Gasteiger partial charge in [0, 0.05) is 20.1 Å². The predicted octanol–water partition coefficient (Wildman–Crippen LogP) is 0.979. The minimum atomic E-state index is 0.0448. The van der Waals surface area contributed by atoms with E-state index in [1.807, 2.05) is 0 Å². The average Bonchev–Trinajstić information content (AvgIpc) is 2.49. The van der Waals surface area contributed by atoms with E-state index in [2.05, 4.69) is 20.6 Å². The normalized spacial score (nSPS) is 19.6. The molecule has 1 fully saturated rings. The second kappa shape index (κ2) is 6.88. The van der Waals surface area contributed by atoms with Gasteiger partial charge in [0.15, 0.2) is 0 Å². The molecule has 1 aromatic heterocycles. The summed E-state index contributed by atoms with van der Waals surface area (Å²) in [7, 11) is 1.68. The van der Waals surface area contributed by atoms with Crippen LogP contribution in [0, 0.1) is 5.92 Å². The Balaban J connectivity index is 2.04. The van der Waals surface area contributed by atoms with Crippen LogP contribution in [0.25, 0.3) is 0 Å². The number of nitrogens with two attached hydrogens (primary N) is 1. The molecule has 1 aromatic rings. The number of rotatable bonds is 4. The number of hydrogen-bond acceptors (Lipinski definition) is 5. The molecule has 1 unspecified atom stereocenters. The number of piperidine rings is 1. The fraction of sp³-hybridized carbons (Fsp3) is 0.538. The van der Waals surface area contributed by atoms with Gasteiger partial charge in [-0.15, -0.1) is 0 Å². The molecule has 0 bridgehead atoms. The molecule has 1 aliphatic rings. The molecule has 2 heterocycles. The third kappa shape index (κ3) is 3.59. The lowest BCUT2D eigenvalue weighted by Gasteiger charge is -2.31. The first-order chi connectivity index (χ1) is 9.63. The van der Waals surface area contributed by atoms with Crippen LogP contribution in [-0.2, 0) is 11.3 Å². The maximum atomic E-state index is 11.7. The van der Waals surface area contributed by atoms with E-state index in [-0.39, 0.29) is 11.8 Å². The van der Waals surface area contributed by atoms with Crippen molar-refractivity contribution in [2.45, 2.75) is 19.4 Å². The van der Waals surface area contributed by atoms with Gasteiger partial charge in [-0.05, 0) is 31.5 Å². The molecule has 0 aliphatic carbocycles. The molecule has 1 saturated heterocycles. The fourth-order valence-electron chi connectivity index (χ4n) is 2.50. The highest BCUT2D eigenvalue weighted by molar-refractivity contribution is 6.31. The van der Waals surface area contributed by atoms with E-state index < -0.39 is 0 Å². The minimum absolute atomic E-state index is 0.0448. The molecule has 2 rings (SSSR count). The quantitative estimate of drug-likeness (QED) is 0.570. The number of carbonyl (C=O) groups is 1. The Hall–Kier alpha value is -1.37.